The fourth-order valence-electron chi connectivity index (χ4n) is 6.04. The molecule has 1 heterocycles. The molecule has 0 N–H and O–H groups in total. The Balaban J connectivity index is 1.77. The Morgan fingerprint density at radius 2 is 1.10 bits per heavy atom. The summed E-state index contributed by atoms with van der Waals surface area (Å²) in [6.45, 7) is 0. The minimum atomic E-state index is -1.14. The molecule has 1 aromatic heterocycles. The molecule has 0 radical (unpaired) electrons. The summed E-state index contributed by atoms with van der Waals surface area (Å²) < 4.78 is 35.4. The summed E-state index contributed by atoms with van der Waals surface area (Å²) in [6, 6.07) is 39.3. The van der Waals surface area contributed by atoms with Gasteiger partial charge >= 0.3 is 0 Å². The highest BCUT2D eigenvalue weighted by atomic mass is 19.1. The fraction of sp³-hybridized carbons (Fsp3) is 0.0278. The monoisotopic (exact) mass is 524 g/mol. The van der Waals surface area contributed by atoms with Gasteiger partial charge in [0.1, 0.15) is 28.4 Å². The summed E-state index contributed by atoms with van der Waals surface area (Å²) in [5, 5.41) is 0.469. The van der Waals surface area contributed by atoms with E-state index in [0.29, 0.717) is 27.9 Å². The lowest BCUT2D eigenvalue weighted by Gasteiger charge is -2.34. The van der Waals surface area contributed by atoms with Gasteiger partial charge in [-0.3, -0.25) is 4.79 Å². The minimum Gasteiger partial charge on any atom is -0.458 e. The SMILES string of the molecule is O=c1c2c(oc3ccccc13)C(c1ccccc1)(c1ccc(F)cc1)C(c1ccc(F)cc1)=C2c1ccccc1. The number of allylic oxidation sites excluding steroid dienone is 1. The molecule has 6 aromatic rings. The molecule has 0 fully saturated rings. The fourth-order valence-corrected chi connectivity index (χ4v) is 6.04. The maximum absolute atomic E-state index is 14.4. The van der Waals surface area contributed by atoms with Crippen LogP contribution >= 0.6 is 0 Å². The van der Waals surface area contributed by atoms with Gasteiger partial charge in [0.25, 0.3) is 0 Å². The van der Waals surface area contributed by atoms with Gasteiger partial charge in [0.15, 0.2) is 0 Å². The molecule has 5 aromatic carbocycles. The molecule has 0 saturated heterocycles. The number of fused-ring (bicyclic) bond motifs is 2. The molecule has 0 amide bonds. The average molecular weight is 525 g/mol. The highest BCUT2D eigenvalue weighted by Gasteiger charge is 2.52. The molecule has 40 heavy (non-hydrogen) atoms. The summed E-state index contributed by atoms with van der Waals surface area (Å²) in [4.78, 5) is 14.4. The van der Waals surface area contributed by atoms with Gasteiger partial charge in [0, 0.05) is 5.57 Å². The lowest BCUT2D eigenvalue weighted by molar-refractivity contribution is 0.497. The molecule has 0 saturated carbocycles. The van der Waals surface area contributed by atoms with Crippen LogP contribution in [0.25, 0.3) is 22.1 Å². The van der Waals surface area contributed by atoms with Crippen LogP contribution in [0.1, 0.15) is 33.6 Å². The van der Waals surface area contributed by atoms with E-state index < -0.39 is 5.41 Å². The van der Waals surface area contributed by atoms with Gasteiger partial charge in [0.05, 0.1) is 10.9 Å². The quantitative estimate of drug-likeness (QED) is 0.232. The maximum atomic E-state index is 14.4. The van der Waals surface area contributed by atoms with E-state index in [1.807, 2.05) is 72.8 Å². The van der Waals surface area contributed by atoms with E-state index in [4.69, 9.17) is 4.42 Å². The van der Waals surface area contributed by atoms with Crippen LogP contribution < -0.4 is 5.43 Å². The van der Waals surface area contributed by atoms with Crippen molar-refractivity contribution in [3.8, 4) is 0 Å². The van der Waals surface area contributed by atoms with Crippen molar-refractivity contribution >= 4 is 22.1 Å². The topological polar surface area (TPSA) is 30.2 Å². The molecule has 4 heteroatoms. The molecule has 7 rings (SSSR count). The van der Waals surface area contributed by atoms with Gasteiger partial charge in [-0.2, -0.15) is 0 Å². The molecule has 0 bridgehead atoms. The lowest BCUT2D eigenvalue weighted by atomic mass is 9.67. The molecular weight excluding hydrogens is 502 g/mol. The lowest BCUT2D eigenvalue weighted by Crippen LogP contribution is -2.30. The Labute approximate surface area is 229 Å². The van der Waals surface area contributed by atoms with Crippen molar-refractivity contribution in [2.45, 2.75) is 5.41 Å². The second-order valence-corrected chi connectivity index (χ2v) is 9.88. The Morgan fingerprint density at radius 3 is 1.77 bits per heavy atom. The Kier molecular flexibility index (Phi) is 5.56. The number of rotatable bonds is 4. The molecule has 192 valence electrons. The van der Waals surface area contributed by atoms with Crippen molar-refractivity contribution in [2.24, 2.45) is 0 Å². The van der Waals surface area contributed by atoms with Crippen LogP contribution in [0.15, 0.2) is 143 Å². The normalized spacial score (nSPS) is 16.4. The summed E-state index contributed by atoms with van der Waals surface area (Å²) in [5.74, 6) is -0.291. The summed E-state index contributed by atoms with van der Waals surface area (Å²) >= 11 is 0. The molecule has 1 aliphatic carbocycles. The number of para-hydroxylation sites is 1. The third kappa shape index (κ3) is 3.50. The summed E-state index contributed by atoms with van der Waals surface area (Å²) in [6.07, 6.45) is 0. The van der Waals surface area contributed by atoms with E-state index >= 15 is 0 Å². The van der Waals surface area contributed by atoms with E-state index in [0.717, 1.165) is 27.8 Å². The van der Waals surface area contributed by atoms with E-state index in [1.165, 1.54) is 24.3 Å². The first-order valence-electron chi connectivity index (χ1n) is 13.0. The van der Waals surface area contributed by atoms with Crippen molar-refractivity contribution in [3.05, 3.63) is 189 Å². The maximum Gasteiger partial charge on any atom is 0.200 e. The van der Waals surface area contributed by atoms with E-state index in [-0.39, 0.29) is 17.1 Å². The number of hydrogen-bond acceptors (Lipinski definition) is 2. The largest absolute Gasteiger partial charge is 0.458 e. The van der Waals surface area contributed by atoms with Crippen LogP contribution in [0.5, 0.6) is 0 Å². The average Bonchev–Trinajstić information content (AvgIpc) is 3.31. The second-order valence-electron chi connectivity index (χ2n) is 9.88. The summed E-state index contributed by atoms with van der Waals surface area (Å²) in [5.41, 5.74) is 4.19. The van der Waals surface area contributed by atoms with E-state index in [1.54, 1.807) is 36.4 Å². The molecular formula is C36H22F2O2. The molecule has 2 nitrogen and oxygen atoms in total. The van der Waals surface area contributed by atoms with Gasteiger partial charge in [-0.25, -0.2) is 8.78 Å². The van der Waals surface area contributed by atoms with Gasteiger partial charge in [-0.1, -0.05) is 97.1 Å². The third-order valence-corrected chi connectivity index (χ3v) is 7.69. The Hall–Kier alpha value is -5.09. The van der Waals surface area contributed by atoms with Crippen LogP contribution in [0.3, 0.4) is 0 Å². The zero-order valence-corrected chi connectivity index (χ0v) is 21.3. The first-order valence-corrected chi connectivity index (χ1v) is 13.0. The molecule has 0 aliphatic heterocycles. The van der Waals surface area contributed by atoms with Gasteiger partial charge in [0.2, 0.25) is 5.43 Å². The molecule has 1 atom stereocenters. The van der Waals surface area contributed by atoms with E-state index in [2.05, 4.69) is 0 Å². The van der Waals surface area contributed by atoms with Crippen LogP contribution in [-0.2, 0) is 5.41 Å². The standard InChI is InChI=1S/C36H22F2O2/c37-27-19-15-24(16-20-27)33-31(23-9-3-1-4-10-23)32-34(39)29-13-7-8-14-30(29)40-35(32)36(33,25-11-5-2-6-12-25)26-17-21-28(38)22-18-26/h1-22H. The number of benzene rings is 5. The van der Waals surface area contributed by atoms with Crippen molar-refractivity contribution < 1.29 is 13.2 Å². The zero-order chi connectivity index (χ0) is 27.3. The Bertz CT molecular complexity index is 1960. The minimum absolute atomic E-state index is 0.157. The van der Waals surface area contributed by atoms with Crippen molar-refractivity contribution in [3.63, 3.8) is 0 Å². The highest BCUT2D eigenvalue weighted by Crippen LogP contribution is 2.59. The highest BCUT2D eigenvalue weighted by molar-refractivity contribution is 6.10. The zero-order valence-electron chi connectivity index (χ0n) is 21.3. The van der Waals surface area contributed by atoms with Gasteiger partial charge < -0.3 is 4.42 Å². The van der Waals surface area contributed by atoms with Gasteiger partial charge in [-0.05, 0) is 64.2 Å². The summed E-state index contributed by atoms with van der Waals surface area (Å²) in [7, 11) is 0. The number of halogens is 2. The third-order valence-electron chi connectivity index (χ3n) is 7.69. The predicted octanol–water partition coefficient (Wildman–Crippen LogP) is 8.38. The van der Waals surface area contributed by atoms with Crippen LogP contribution in [0.4, 0.5) is 8.78 Å². The van der Waals surface area contributed by atoms with Crippen LogP contribution in [-0.4, -0.2) is 0 Å². The van der Waals surface area contributed by atoms with Crippen LogP contribution in [0, 0.1) is 11.6 Å². The van der Waals surface area contributed by atoms with Crippen molar-refractivity contribution in [1.29, 1.82) is 0 Å². The number of hydrogen-bond donors (Lipinski definition) is 0. The smallest absolute Gasteiger partial charge is 0.200 e. The first-order chi connectivity index (χ1) is 19.6. The second kappa shape index (κ2) is 9.28. The van der Waals surface area contributed by atoms with Crippen molar-refractivity contribution in [1.82, 2.24) is 0 Å². The van der Waals surface area contributed by atoms with Crippen molar-refractivity contribution in [2.75, 3.05) is 0 Å². The Morgan fingerprint density at radius 1 is 0.550 bits per heavy atom. The molecule has 0 spiro atoms. The molecule has 1 unspecified atom stereocenters. The van der Waals surface area contributed by atoms with Gasteiger partial charge in [-0.15, -0.1) is 0 Å². The molecule has 1 aliphatic rings. The predicted molar refractivity (Wildman–Crippen MR) is 154 cm³/mol. The van der Waals surface area contributed by atoms with E-state index in [9.17, 15) is 13.6 Å². The van der Waals surface area contributed by atoms with Crippen LogP contribution in [0.2, 0.25) is 0 Å². The first kappa shape index (κ1) is 24.0.